The Labute approximate surface area is 243 Å². The number of rotatable bonds is 9. The molecule has 0 radical (unpaired) electrons. The Kier molecular flexibility index (Phi) is 8.19. The van der Waals surface area contributed by atoms with Crippen molar-refractivity contribution < 1.29 is 9.90 Å². The van der Waals surface area contributed by atoms with Gasteiger partial charge in [-0.1, -0.05) is 55.9 Å². The maximum Gasteiger partial charge on any atom is 0.252 e. The number of nitrogens with one attached hydrogen (secondary N) is 2. The first-order chi connectivity index (χ1) is 19.8. The first-order valence-electron chi connectivity index (χ1n) is 13.3. The lowest BCUT2D eigenvalue weighted by molar-refractivity contribution is 0.0849. The molecule has 1 amide bonds. The number of fused-ring (bicyclic) bond motifs is 1. The fourth-order valence-corrected chi connectivity index (χ4v) is 5.24. The van der Waals surface area contributed by atoms with Crippen LogP contribution in [0.4, 0.5) is 17.2 Å². The molecule has 0 bridgehead atoms. The largest absolute Gasteiger partial charge is 0.399 e. The molecular weight excluding hydrogens is 532 g/mol. The van der Waals surface area contributed by atoms with Gasteiger partial charge in [0.2, 0.25) is 0 Å². The highest BCUT2D eigenvalue weighted by Crippen LogP contribution is 2.37. The summed E-state index contributed by atoms with van der Waals surface area (Å²) >= 11 is 1.54. The summed E-state index contributed by atoms with van der Waals surface area (Å²) in [6.07, 6.45) is 1.48. The maximum absolute atomic E-state index is 13.5. The minimum atomic E-state index is -0.952. The molecule has 2 heterocycles. The third kappa shape index (κ3) is 6.32. The van der Waals surface area contributed by atoms with Gasteiger partial charge in [0.1, 0.15) is 12.1 Å². The van der Waals surface area contributed by atoms with Crippen molar-refractivity contribution in [1.82, 2.24) is 20.3 Å². The molecule has 1 atom stereocenters. The fourth-order valence-electron chi connectivity index (χ4n) is 4.36. The molecule has 9 heteroatoms. The molecule has 0 saturated heterocycles. The average Bonchev–Trinajstić information content (AvgIpc) is 2.99. The van der Waals surface area contributed by atoms with Gasteiger partial charge < -0.3 is 21.5 Å². The fraction of sp³-hybridized carbons (Fsp3) is 0.188. The number of hydrogen-bond acceptors (Lipinski definition) is 8. The number of nitrogen functional groups attached to an aromatic ring is 1. The van der Waals surface area contributed by atoms with E-state index < -0.39 is 5.54 Å². The van der Waals surface area contributed by atoms with Gasteiger partial charge in [-0.25, -0.2) is 15.0 Å². The van der Waals surface area contributed by atoms with Crippen molar-refractivity contribution in [3.05, 3.63) is 108 Å². The van der Waals surface area contributed by atoms with Gasteiger partial charge in [0, 0.05) is 26.7 Å². The molecule has 0 aliphatic rings. The zero-order valence-corrected chi connectivity index (χ0v) is 23.9. The molecule has 0 spiro atoms. The smallest absolute Gasteiger partial charge is 0.252 e. The summed E-state index contributed by atoms with van der Waals surface area (Å²) in [5.74, 6) is 0.539. The Morgan fingerprint density at radius 1 is 1.00 bits per heavy atom. The first-order valence-corrected chi connectivity index (χ1v) is 14.1. The summed E-state index contributed by atoms with van der Waals surface area (Å²) in [5.41, 5.74) is 9.10. The van der Waals surface area contributed by atoms with Crippen LogP contribution >= 0.6 is 11.8 Å². The van der Waals surface area contributed by atoms with Crippen LogP contribution in [-0.4, -0.2) is 32.6 Å². The molecule has 2 aromatic heterocycles. The van der Waals surface area contributed by atoms with Crippen LogP contribution in [0, 0.1) is 0 Å². The number of aromatic nitrogens is 3. The second kappa shape index (κ2) is 12.0. The lowest BCUT2D eigenvalue weighted by atomic mass is 9.92. The van der Waals surface area contributed by atoms with Crippen LogP contribution in [0.3, 0.4) is 0 Å². The van der Waals surface area contributed by atoms with Gasteiger partial charge in [0.25, 0.3) is 5.91 Å². The van der Waals surface area contributed by atoms with Crippen molar-refractivity contribution in [3.8, 4) is 0 Å². The van der Waals surface area contributed by atoms with E-state index in [0.29, 0.717) is 28.4 Å². The SMILES string of the molecule is CC(C)c1ccc2c(Nc3cc(C(=O)N[C@@](C)(CO)c4ccccc4)ccc3Sc3ccc(N)cc3)ncnc2n1. The van der Waals surface area contributed by atoms with Crippen LogP contribution in [-0.2, 0) is 5.54 Å². The van der Waals surface area contributed by atoms with Crippen molar-refractivity contribution in [2.45, 2.75) is 42.0 Å². The third-order valence-electron chi connectivity index (χ3n) is 6.83. The summed E-state index contributed by atoms with van der Waals surface area (Å²) in [6.45, 7) is 5.73. The monoisotopic (exact) mass is 564 g/mol. The molecule has 5 rings (SSSR count). The van der Waals surface area contributed by atoms with E-state index >= 15 is 0 Å². The topological polar surface area (TPSA) is 126 Å². The molecule has 5 N–H and O–H groups in total. The highest BCUT2D eigenvalue weighted by atomic mass is 32.2. The molecule has 0 aliphatic carbocycles. The molecular formula is C32H32N6O2S. The molecule has 8 nitrogen and oxygen atoms in total. The highest BCUT2D eigenvalue weighted by Gasteiger charge is 2.28. The van der Waals surface area contributed by atoms with Crippen LogP contribution < -0.4 is 16.4 Å². The Bertz CT molecular complexity index is 1680. The number of amides is 1. The summed E-state index contributed by atoms with van der Waals surface area (Å²) in [5, 5.41) is 17.4. The van der Waals surface area contributed by atoms with Crippen molar-refractivity contribution in [3.63, 3.8) is 0 Å². The van der Waals surface area contributed by atoms with Crippen LogP contribution in [0.25, 0.3) is 11.0 Å². The third-order valence-corrected chi connectivity index (χ3v) is 7.91. The number of aliphatic hydroxyl groups is 1. The number of nitrogens with zero attached hydrogens (tertiary/aromatic N) is 3. The Morgan fingerprint density at radius 2 is 1.76 bits per heavy atom. The predicted octanol–water partition coefficient (Wildman–Crippen LogP) is 6.26. The molecule has 0 saturated carbocycles. The quantitative estimate of drug-likeness (QED) is 0.155. The van der Waals surface area contributed by atoms with Gasteiger partial charge in [-0.15, -0.1) is 0 Å². The first kappa shape index (κ1) is 28.1. The number of aliphatic hydroxyl groups excluding tert-OH is 1. The molecule has 0 fully saturated rings. The van der Waals surface area contributed by atoms with E-state index in [9.17, 15) is 9.90 Å². The Hall–Kier alpha value is -4.47. The van der Waals surface area contributed by atoms with Gasteiger partial charge in [0.05, 0.1) is 23.2 Å². The van der Waals surface area contributed by atoms with E-state index in [1.807, 2.05) is 72.8 Å². The Morgan fingerprint density at radius 3 is 2.46 bits per heavy atom. The lowest BCUT2D eigenvalue weighted by Crippen LogP contribution is -2.46. The van der Waals surface area contributed by atoms with Gasteiger partial charge in [-0.3, -0.25) is 4.79 Å². The van der Waals surface area contributed by atoms with Crippen molar-refractivity contribution in [2.24, 2.45) is 0 Å². The van der Waals surface area contributed by atoms with Crippen molar-refractivity contribution in [1.29, 1.82) is 0 Å². The molecule has 5 aromatic rings. The van der Waals surface area contributed by atoms with Crippen LogP contribution in [0.15, 0.2) is 101 Å². The van der Waals surface area contributed by atoms with Gasteiger partial charge in [0.15, 0.2) is 5.65 Å². The standard InChI is InChI=1S/C32H32N6O2S/c1-20(2)26-15-14-25-29(36-26)34-19-35-30(25)37-27-17-21(9-16-28(27)41-24-12-10-23(33)11-13-24)31(40)38-32(3,18-39)22-7-5-4-6-8-22/h4-17,19-20,39H,18,33H2,1-3H3,(H,38,40)(H,34,35,36,37)/t32-/m0/s1. The van der Waals surface area contributed by atoms with Crippen molar-refractivity contribution in [2.75, 3.05) is 17.7 Å². The van der Waals surface area contributed by atoms with E-state index in [2.05, 4.69) is 34.4 Å². The zero-order valence-electron chi connectivity index (χ0n) is 23.1. The lowest BCUT2D eigenvalue weighted by Gasteiger charge is -2.29. The van der Waals surface area contributed by atoms with Gasteiger partial charge >= 0.3 is 0 Å². The van der Waals surface area contributed by atoms with Crippen molar-refractivity contribution >= 4 is 45.9 Å². The highest BCUT2D eigenvalue weighted by molar-refractivity contribution is 7.99. The summed E-state index contributed by atoms with van der Waals surface area (Å²) in [6, 6.07) is 26.5. The van der Waals surface area contributed by atoms with E-state index in [1.165, 1.54) is 6.33 Å². The molecule has 41 heavy (non-hydrogen) atoms. The summed E-state index contributed by atoms with van der Waals surface area (Å²) in [7, 11) is 0. The molecule has 0 aliphatic heterocycles. The molecule has 208 valence electrons. The molecule has 0 unspecified atom stereocenters. The number of nitrogens with two attached hydrogens (primary N) is 1. The number of benzene rings is 3. The van der Waals surface area contributed by atoms with E-state index in [0.717, 1.165) is 26.4 Å². The summed E-state index contributed by atoms with van der Waals surface area (Å²) < 4.78 is 0. The van der Waals surface area contributed by atoms with E-state index in [1.54, 1.807) is 30.8 Å². The van der Waals surface area contributed by atoms with Gasteiger partial charge in [-0.2, -0.15) is 0 Å². The predicted molar refractivity (Wildman–Crippen MR) is 164 cm³/mol. The summed E-state index contributed by atoms with van der Waals surface area (Å²) in [4.78, 5) is 29.0. The minimum absolute atomic E-state index is 0.253. The number of pyridine rings is 1. The maximum atomic E-state index is 13.5. The van der Waals surface area contributed by atoms with Gasteiger partial charge in [-0.05, 0) is 73.0 Å². The zero-order chi connectivity index (χ0) is 29.0. The number of carbonyl (C=O) groups is 1. The van der Waals surface area contributed by atoms with Crippen LogP contribution in [0.5, 0.6) is 0 Å². The van der Waals surface area contributed by atoms with Crippen LogP contribution in [0.1, 0.15) is 48.3 Å². The second-order valence-electron chi connectivity index (χ2n) is 10.3. The number of hydrogen-bond donors (Lipinski definition) is 4. The minimum Gasteiger partial charge on any atom is -0.399 e. The Balaban J connectivity index is 1.52. The van der Waals surface area contributed by atoms with E-state index in [-0.39, 0.29) is 18.4 Å². The average molecular weight is 565 g/mol. The normalized spacial score (nSPS) is 12.7. The number of carbonyl (C=O) groups excluding carboxylic acids is 1. The second-order valence-corrected chi connectivity index (χ2v) is 11.4. The molecule has 3 aromatic carbocycles. The van der Waals surface area contributed by atoms with Crippen LogP contribution in [0.2, 0.25) is 0 Å². The van der Waals surface area contributed by atoms with E-state index in [4.69, 9.17) is 10.7 Å². The number of anilines is 3.